The zero-order chi connectivity index (χ0) is 17.4. The standard InChI is InChI=1S/C10H13FN3O8P/c1-4-2-14(10(16)12-8(4)13-17)9-6(11)7(15)5(22-9)3-21-23(18,19)20/h2,6,9,15,17H,3H2,1H3,(H,12,13,16)(H2,18,19,20)/t6?,9-/m0/s1. The zero-order valence-corrected chi connectivity index (χ0v) is 12.5. The summed E-state index contributed by atoms with van der Waals surface area (Å²) in [5, 5.41) is 18.4. The van der Waals surface area contributed by atoms with Crippen molar-refractivity contribution in [2.24, 2.45) is 0 Å². The maximum atomic E-state index is 14.1. The number of hydrogen-bond acceptors (Lipinski definition) is 8. The summed E-state index contributed by atoms with van der Waals surface area (Å²) < 4.78 is 34.6. The van der Waals surface area contributed by atoms with Gasteiger partial charge in [0, 0.05) is 11.8 Å². The summed E-state index contributed by atoms with van der Waals surface area (Å²) in [6.45, 7) is 0.583. The molecule has 0 amide bonds. The first-order valence-corrected chi connectivity index (χ1v) is 7.59. The van der Waals surface area contributed by atoms with E-state index in [0.29, 0.717) is 0 Å². The van der Waals surface area contributed by atoms with Gasteiger partial charge < -0.3 is 19.6 Å². The van der Waals surface area contributed by atoms with Crippen molar-refractivity contribution in [1.82, 2.24) is 9.55 Å². The summed E-state index contributed by atoms with van der Waals surface area (Å²) in [5.74, 6) is -1.64. The van der Waals surface area contributed by atoms with Gasteiger partial charge in [-0.1, -0.05) is 0 Å². The second-order valence-corrected chi connectivity index (χ2v) is 5.80. The SMILES string of the molecule is Cc1cn([C@H]2OC(COP(=O)(O)O)=C(O)C2F)c(=O)nc1NO. The highest BCUT2D eigenvalue weighted by molar-refractivity contribution is 7.46. The highest BCUT2D eigenvalue weighted by Gasteiger charge is 2.40. The Morgan fingerprint density at radius 2 is 2.22 bits per heavy atom. The van der Waals surface area contributed by atoms with Crippen LogP contribution in [0.25, 0.3) is 0 Å². The number of aliphatic hydroxyl groups is 1. The second-order valence-electron chi connectivity index (χ2n) is 4.56. The molecule has 0 aromatic carbocycles. The molecule has 0 saturated carbocycles. The number of nitrogens with zero attached hydrogens (tertiary/aromatic N) is 2. The molecule has 0 bridgehead atoms. The minimum atomic E-state index is -4.85. The molecule has 23 heavy (non-hydrogen) atoms. The van der Waals surface area contributed by atoms with E-state index in [1.54, 1.807) is 5.48 Å². The number of rotatable bonds is 5. The molecule has 1 aliphatic heterocycles. The highest BCUT2D eigenvalue weighted by Crippen LogP contribution is 2.39. The van der Waals surface area contributed by atoms with Crippen LogP contribution in [0, 0.1) is 6.92 Å². The summed E-state index contributed by atoms with van der Waals surface area (Å²) in [6, 6.07) is 0. The van der Waals surface area contributed by atoms with E-state index in [1.807, 2.05) is 0 Å². The van der Waals surface area contributed by atoms with Gasteiger partial charge >= 0.3 is 13.5 Å². The smallest absolute Gasteiger partial charge is 0.470 e. The summed E-state index contributed by atoms with van der Waals surface area (Å²) in [4.78, 5) is 32.4. The second kappa shape index (κ2) is 6.26. The highest BCUT2D eigenvalue weighted by atomic mass is 31.2. The number of aryl methyl sites for hydroxylation is 1. The first-order chi connectivity index (χ1) is 10.6. The van der Waals surface area contributed by atoms with Crippen LogP contribution in [0.15, 0.2) is 22.5 Å². The molecule has 1 aromatic heterocycles. The molecule has 5 N–H and O–H groups in total. The van der Waals surface area contributed by atoms with Gasteiger partial charge in [-0.2, -0.15) is 4.98 Å². The monoisotopic (exact) mass is 353 g/mol. The van der Waals surface area contributed by atoms with E-state index in [-0.39, 0.29) is 11.4 Å². The number of ether oxygens (including phenoxy) is 1. The average Bonchev–Trinajstić information content (AvgIpc) is 2.74. The number of nitrogens with one attached hydrogen (secondary N) is 1. The molecule has 0 fully saturated rings. The number of phosphoric acid groups is 1. The number of anilines is 1. The van der Waals surface area contributed by atoms with Crippen LogP contribution in [0.2, 0.25) is 0 Å². The maximum absolute atomic E-state index is 14.1. The van der Waals surface area contributed by atoms with Crippen LogP contribution in [0.4, 0.5) is 10.2 Å². The van der Waals surface area contributed by atoms with Crippen molar-refractivity contribution < 1.29 is 38.3 Å². The van der Waals surface area contributed by atoms with Crippen molar-refractivity contribution >= 4 is 13.6 Å². The van der Waals surface area contributed by atoms with Gasteiger partial charge in [0.2, 0.25) is 12.4 Å². The van der Waals surface area contributed by atoms with Crippen LogP contribution in [-0.2, 0) is 13.8 Å². The Balaban J connectivity index is 2.26. The molecule has 2 heterocycles. The summed E-state index contributed by atoms with van der Waals surface area (Å²) in [7, 11) is -4.85. The van der Waals surface area contributed by atoms with E-state index in [1.165, 1.54) is 6.92 Å². The predicted octanol–water partition coefficient (Wildman–Crippen LogP) is 0.0986. The van der Waals surface area contributed by atoms with Gasteiger partial charge in [0.15, 0.2) is 17.3 Å². The normalized spacial score (nSPS) is 21.4. The molecule has 11 nitrogen and oxygen atoms in total. The summed E-state index contributed by atoms with van der Waals surface area (Å²) >= 11 is 0. The van der Waals surface area contributed by atoms with Crippen LogP contribution >= 0.6 is 7.82 Å². The Hall–Kier alpha value is -1.98. The predicted molar refractivity (Wildman–Crippen MR) is 71.3 cm³/mol. The van der Waals surface area contributed by atoms with Crippen LogP contribution < -0.4 is 11.2 Å². The lowest BCUT2D eigenvalue weighted by Gasteiger charge is -2.18. The Kier molecular flexibility index (Phi) is 4.73. The fraction of sp³-hybridized carbons (Fsp3) is 0.400. The fourth-order valence-electron chi connectivity index (χ4n) is 1.87. The molecule has 1 unspecified atom stereocenters. The Morgan fingerprint density at radius 1 is 1.57 bits per heavy atom. The van der Waals surface area contributed by atoms with Gasteiger partial charge in [-0.05, 0) is 6.92 Å². The molecule has 2 atom stereocenters. The minimum absolute atomic E-state index is 0.137. The lowest BCUT2D eigenvalue weighted by molar-refractivity contribution is 0.0164. The molecular weight excluding hydrogens is 340 g/mol. The number of halogens is 1. The van der Waals surface area contributed by atoms with Crippen molar-refractivity contribution in [3.8, 4) is 0 Å². The third-order valence-corrected chi connectivity index (χ3v) is 3.40. The number of alkyl halides is 1. The van der Waals surface area contributed by atoms with Gasteiger partial charge in [-0.3, -0.25) is 19.8 Å². The Labute approximate surface area is 127 Å². The van der Waals surface area contributed by atoms with E-state index in [0.717, 1.165) is 10.8 Å². The Morgan fingerprint density at radius 3 is 2.78 bits per heavy atom. The summed E-state index contributed by atoms with van der Waals surface area (Å²) in [5.41, 5.74) is 0.992. The number of hydrogen-bond donors (Lipinski definition) is 5. The van der Waals surface area contributed by atoms with Gasteiger partial charge in [0.05, 0.1) is 0 Å². The first-order valence-electron chi connectivity index (χ1n) is 6.06. The van der Waals surface area contributed by atoms with E-state index < -0.39 is 44.0 Å². The van der Waals surface area contributed by atoms with Crippen LogP contribution in [0.1, 0.15) is 11.8 Å². The van der Waals surface area contributed by atoms with Gasteiger partial charge in [0.1, 0.15) is 6.61 Å². The van der Waals surface area contributed by atoms with Crippen LogP contribution in [-0.4, -0.2) is 42.4 Å². The number of aromatic nitrogens is 2. The minimum Gasteiger partial charge on any atom is -0.506 e. The molecule has 1 aliphatic rings. The van der Waals surface area contributed by atoms with Crippen LogP contribution in [0.3, 0.4) is 0 Å². The molecule has 0 radical (unpaired) electrons. The van der Waals surface area contributed by atoms with Gasteiger partial charge in [-0.25, -0.2) is 13.8 Å². The van der Waals surface area contributed by atoms with E-state index in [9.17, 15) is 18.9 Å². The van der Waals surface area contributed by atoms with E-state index in [4.69, 9.17) is 19.7 Å². The first kappa shape index (κ1) is 17.4. The fourth-order valence-corrected chi connectivity index (χ4v) is 2.15. The molecule has 2 rings (SSSR count). The van der Waals surface area contributed by atoms with Gasteiger partial charge in [-0.15, -0.1) is 0 Å². The maximum Gasteiger partial charge on any atom is 0.470 e. The van der Waals surface area contributed by atoms with Gasteiger partial charge in [0.25, 0.3) is 0 Å². The molecule has 128 valence electrons. The molecule has 0 aliphatic carbocycles. The molecule has 1 aromatic rings. The lowest BCUT2D eigenvalue weighted by atomic mass is 10.3. The van der Waals surface area contributed by atoms with E-state index in [2.05, 4.69) is 9.51 Å². The molecule has 0 saturated heterocycles. The molecular formula is C10H13FN3O8P. The zero-order valence-electron chi connectivity index (χ0n) is 11.6. The third-order valence-electron chi connectivity index (χ3n) is 2.94. The quantitative estimate of drug-likeness (QED) is 0.362. The van der Waals surface area contributed by atoms with Crippen molar-refractivity contribution in [3.05, 3.63) is 33.8 Å². The Bertz CT molecular complexity index is 744. The van der Waals surface area contributed by atoms with E-state index >= 15 is 0 Å². The van der Waals surface area contributed by atoms with Crippen molar-refractivity contribution in [2.75, 3.05) is 12.1 Å². The molecule has 0 spiro atoms. The number of aliphatic hydroxyl groups excluding tert-OH is 1. The molecule has 13 heteroatoms. The lowest BCUT2D eigenvalue weighted by Crippen LogP contribution is -2.32. The summed E-state index contributed by atoms with van der Waals surface area (Å²) in [6.07, 6.45) is -2.67. The van der Waals surface area contributed by atoms with Crippen molar-refractivity contribution in [3.63, 3.8) is 0 Å². The number of phosphoric ester groups is 1. The van der Waals surface area contributed by atoms with Crippen molar-refractivity contribution in [1.29, 1.82) is 0 Å². The largest absolute Gasteiger partial charge is 0.506 e. The topological polar surface area (TPSA) is 163 Å². The average molecular weight is 353 g/mol. The van der Waals surface area contributed by atoms with Crippen molar-refractivity contribution in [2.45, 2.75) is 19.3 Å². The third kappa shape index (κ3) is 3.68. The van der Waals surface area contributed by atoms with Crippen LogP contribution in [0.5, 0.6) is 0 Å².